The molecule has 1 fully saturated rings. The zero-order valence-corrected chi connectivity index (χ0v) is 8.36. The molecular formula is C8H13N5O2. The van der Waals surface area contributed by atoms with Gasteiger partial charge in [-0.05, 0) is 0 Å². The van der Waals surface area contributed by atoms with Crippen molar-refractivity contribution in [2.45, 2.75) is 12.3 Å². The van der Waals surface area contributed by atoms with Crippen molar-refractivity contribution in [2.24, 2.45) is 15.7 Å². The number of amidine groups is 1. The Balaban J connectivity index is 2.16. The summed E-state index contributed by atoms with van der Waals surface area (Å²) < 4.78 is 4.96. The molecule has 4 N–H and O–H groups in total. The van der Waals surface area contributed by atoms with E-state index in [1.165, 1.54) is 0 Å². The Labute approximate surface area is 86.8 Å². The van der Waals surface area contributed by atoms with E-state index >= 15 is 0 Å². The molecule has 0 aromatic heterocycles. The van der Waals surface area contributed by atoms with E-state index in [1.54, 1.807) is 7.11 Å². The van der Waals surface area contributed by atoms with Crippen LogP contribution in [0.4, 0.5) is 0 Å². The maximum Gasteiger partial charge on any atom is 0.275 e. The summed E-state index contributed by atoms with van der Waals surface area (Å²) in [6.07, 6.45) is -0.589. The third-order valence-electron chi connectivity index (χ3n) is 2.15. The van der Waals surface area contributed by atoms with Crippen molar-refractivity contribution < 1.29 is 9.53 Å². The minimum absolute atomic E-state index is 0.0874. The number of hydrogen-bond donors (Lipinski definition) is 3. The Morgan fingerprint density at radius 3 is 3.13 bits per heavy atom. The van der Waals surface area contributed by atoms with Crippen molar-refractivity contribution >= 4 is 17.5 Å². The standard InChI is InChI=1S/C8H13N5O2/c1-15-3-4-2-10-6-5(11-4)7(14)13-8(9)12-6/h4,8H,2-3,9H2,1H3,(H,10,12)(H,13,14). The van der Waals surface area contributed by atoms with E-state index in [4.69, 9.17) is 10.5 Å². The average molecular weight is 211 g/mol. The van der Waals surface area contributed by atoms with Crippen molar-refractivity contribution in [2.75, 3.05) is 20.3 Å². The summed E-state index contributed by atoms with van der Waals surface area (Å²) in [7, 11) is 1.59. The number of nitrogens with one attached hydrogen (secondary N) is 2. The first-order valence-electron chi connectivity index (χ1n) is 4.65. The fourth-order valence-electron chi connectivity index (χ4n) is 1.51. The molecule has 2 aliphatic heterocycles. The molecule has 2 rings (SSSR count). The topological polar surface area (TPSA) is 101 Å². The van der Waals surface area contributed by atoms with Gasteiger partial charge in [0.2, 0.25) is 0 Å². The van der Waals surface area contributed by atoms with E-state index in [1.807, 2.05) is 0 Å². The smallest absolute Gasteiger partial charge is 0.275 e. The lowest BCUT2D eigenvalue weighted by Crippen LogP contribution is -2.64. The predicted octanol–water partition coefficient (Wildman–Crippen LogP) is -2.18. The molecular weight excluding hydrogens is 198 g/mol. The summed E-state index contributed by atoms with van der Waals surface area (Å²) in [5.41, 5.74) is 5.83. The van der Waals surface area contributed by atoms with Gasteiger partial charge in [-0.1, -0.05) is 0 Å². The van der Waals surface area contributed by atoms with E-state index in [0.717, 1.165) is 0 Å². The molecule has 1 amide bonds. The van der Waals surface area contributed by atoms with Crippen LogP contribution < -0.4 is 16.4 Å². The summed E-state index contributed by atoms with van der Waals surface area (Å²) >= 11 is 0. The van der Waals surface area contributed by atoms with Crippen LogP contribution in [-0.4, -0.2) is 50.0 Å². The summed E-state index contributed by atoms with van der Waals surface area (Å²) in [4.78, 5) is 20.0. The first-order chi connectivity index (χ1) is 7.20. The SMILES string of the molecule is COCC1CN=C2NC(N)NC(=O)C2=N1. The van der Waals surface area contributed by atoms with Crippen LogP contribution in [0.1, 0.15) is 0 Å². The molecule has 15 heavy (non-hydrogen) atoms. The van der Waals surface area contributed by atoms with Crippen LogP contribution >= 0.6 is 0 Å². The van der Waals surface area contributed by atoms with E-state index in [9.17, 15) is 4.79 Å². The number of hydrogen-bond acceptors (Lipinski definition) is 6. The molecule has 2 aliphatic rings. The Kier molecular flexibility index (Phi) is 2.65. The van der Waals surface area contributed by atoms with E-state index in [2.05, 4.69) is 20.6 Å². The number of amides is 1. The molecule has 0 aromatic rings. The van der Waals surface area contributed by atoms with Gasteiger partial charge < -0.3 is 15.4 Å². The largest absolute Gasteiger partial charge is 0.382 e. The maximum absolute atomic E-state index is 11.5. The number of nitrogens with two attached hydrogens (primary N) is 1. The molecule has 2 heterocycles. The summed E-state index contributed by atoms with van der Waals surface area (Å²) in [5, 5.41) is 5.35. The number of methoxy groups -OCH3 is 1. The summed E-state index contributed by atoms with van der Waals surface area (Å²) in [5.74, 6) is 0.180. The first kappa shape index (κ1) is 10.1. The quantitative estimate of drug-likeness (QED) is 0.483. The van der Waals surface area contributed by atoms with Crippen LogP contribution in [-0.2, 0) is 9.53 Å². The number of ether oxygens (including phenoxy) is 1. The molecule has 2 atom stereocenters. The molecule has 7 nitrogen and oxygen atoms in total. The normalized spacial score (nSPS) is 29.6. The second kappa shape index (κ2) is 3.95. The van der Waals surface area contributed by atoms with Gasteiger partial charge in [-0.3, -0.25) is 20.5 Å². The van der Waals surface area contributed by atoms with Gasteiger partial charge in [-0.15, -0.1) is 0 Å². The minimum Gasteiger partial charge on any atom is -0.382 e. The van der Waals surface area contributed by atoms with Crippen molar-refractivity contribution in [3.05, 3.63) is 0 Å². The minimum atomic E-state index is -0.589. The van der Waals surface area contributed by atoms with Gasteiger partial charge in [0.05, 0.1) is 19.2 Å². The van der Waals surface area contributed by atoms with Crippen LogP contribution in [0.5, 0.6) is 0 Å². The van der Waals surface area contributed by atoms with E-state index in [0.29, 0.717) is 24.7 Å². The highest BCUT2D eigenvalue weighted by Crippen LogP contribution is 2.04. The number of fused-ring (bicyclic) bond motifs is 1. The lowest BCUT2D eigenvalue weighted by Gasteiger charge is -2.28. The molecule has 2 unspecified atom stereocenters. The Morgan fingerprint density at radius 2 is 2.40 bits per heavy atom. The first-order valence-corrected chi connectivity index (χ1v) is 4.65. The number of carbonyl (C=O) groups is 1. The highest BCUT2D eigenvalue weighted by Gasteiger charge is 2.30. The highest BCUT2D eigenvalue weighted by molar-refractivity contribution is 6.67. The zero-order chi connectivity index (χ0) is 10.8. The fourth-order valence-corrected chi connectivity index (χ4v) is 1.51. The third kappa shape index (κ3) is 1.97. The second-order valence-corrected chi connectivity index (χ2v) is 3.37. The van der Waals surface area contributed by atoms with Crippen LogP contribution in [0.2, 0.25) is 0 Å². The van der Waals surface area contributed by atoms with Crippen molar-refractivity contribution in [3.63, 3.8) is 0 Å². The van der Waals surface area contributed by atoms with Gasteiger partial charge in [0, 0.05) is 7.11 Å². The van der Waals surface area contributed by atoms with Crippen LogP contribution in [0.25, 0.3) is 0 Å². The van der Waals surface area contributed by atoms with Gasteiger partial charge >= 0.3 is 0 Å². The Bertz CT molecular complexity index is 338. The number of rotatable bonds is 2. The van der Waals surface area contributed by atoms with Crippen LogP contribution in [0, 0.1) is 0 Å². The van der Waals surface area contributed by atoms with Gasteiger partial charge in [0.15, 0.2) is 17.8 Å². The van der Waals surface area contributed by atoms with E-state index in [-0.39, 0.29) is 11.9 Å². The number of carbonyl (C=O) groups excluding carboxylic acids is 1. The number of aliphatic imine (C=N–C) groups is 2. The van der Waals surface area contributed by atoms with Gasteiger partial charge in [0.1, 0.15) is 0 Å². The zero-order valence-electron chi connectivity index (χ0n) is 8.36. The highest BCUT2D eigenvalue weighted by atomic mass is 16.5. The van der Waals surface area contributed by atoms with Crippen LogP contribution in [0.15, 0.2) is 9.98 Å². The van der Waals surface area contributed by atoms with Gasteiger partial charge in [0.25, 0.3) is 5.91 Å². The molecule has 0 aliphatic carbocycles. The summed E-state index contributed by atoms with van der Waals surface area (Å²) in [6.45, 7) is 0.972. The number of nitrogens with zero attached hydrogens (tertiary/aromatic N) is 2. The second-order valence-electron chi connectivity index (χ2n) is 3.37. The molecule has 0 bridgehead atoms. The Hall–Kier alpha value is -1.47. The predicted molar refractivity (Wildman–Crippen MR) is 54.7 cm³/mol. The van der Waals surface area contributed by atoms with Crippen molar-refractivity contribution in [1.29, 1.82) is 0 Å². The molecule has 0 aromatic carbocycles. The molecule has 0 saturated carbocycles. The maximum atomic E-state index is 11.5. The molecule has 82 valence electrons. The average Bonchev–Trinajstić information content (AvgIpc) is 2.19. The van der Waals surface area contributed by atoms with Gasteiger partial charge in [-0.2, -0.15) is 0 Å². The monoisotopic (exact) mass is 211 g/mol. The molecule has 1 saturated heterocycles. The molecule has 0 spiro atoms. The molecule has 0 radical (unpaired) electrons. The van der Waals surface area contributed by atoms with Crippen molar-refractivity contribution in [3.8, 4) is 0 Å². The van der Waals surface area contributed by atoms with Crippen molar-refractivity contribution in [1.82, 2.24) is 10.6 Å². The van der Waals surface area contributed by atoms with Crippen LogP contribution in [0.3, 0.4) is 0 Å². The lowest BCUT2D eigenvalue weighted by molar-refractivity contribution is -0.115. The van der Waals surface area contributed by atoms with E-state index < -0.39 is 6.29 Å². The lowest BCUT2D eigenvalue weighted by atomic mass is 10.2. The third-order valence-corrected chi connectivity index (χ3v) is 2.15. The summed E-state index contributed by atoms with van der Waals surface area (Å²) in [6, 6.07) is -0.0874. The van der Waals surface area contributed by atoms with Gasteiger partial charge in [-0.25, -0.2) is 0 Å². The molecule has 7 heteroatoms. The Morgan fingerprint density at radius 1 is 1.60 bits per heavy atom. The fraction of sp³-hybridized carbons (Fsp3) is 0.625.